The number of benzene rings is 1. The second-order valence-corrected chi connectivity index (χ2v) is 5.75. The summed E-state index contributed by atoms with van der Waals surface area (Å²) < 4.78 is 39.1. The summed E-state index contributed by atoms with van der Waals surface area (Å²) in [5, 5.41) is 8.92. The van der Waals surface area contributed by atoms with Gasteiger partial charge in [-0.05, 0) is 44.3 Å². The van der Waals surface area contributed by atoms with Gasteiger partial charge in [0, 0.05) is 7.05 Å². The number of hydrogen-bond donors (Lipinski definition) is 0. The Morgan fingerprint density at radius 2 is 1.91 bits per heavy atom. The van der Waals surface area contributed by atoms with Gasteiger partial charge in [-0.25, -0.2) is 0 Å². The van der Waals surface area contributed by atoms with Gasteiger partial charge in [0.2, 0.25) is 0 Å². The van der Waals surface area contributed by atoms with Gasteiger partial charge in [-0.2, -0.15) is 18.4 Å². The largest absolute Gasteiger partial charge is 0.417 e. The number of carbonyl (C=O) groups excluding carboxylic acids is 1. The van der Waals surface area contributed by atoms with Crippen LogP contribution in [-0.4, -0.2) is 28.5 Å². The number of halogens is 3. The van der Waals surface area contributed by atoms with Crippen LogP contribution >= 0.6 is 12.2 Å². The molecule has 1 aliphatic rings. The predicted molar refractivity (Wildman–Crippen MR) is 78.1 cm³/mol. The highest BCUT2D eigenvalue weighted by atomic mass is 32.1. The van der Waals surface area contributed by atoms with Crippen LogP contribution in [0.1, 0.15) is 25.0 Å². The zero-order chi connectivity index (χ0) is 16.9. The minimum atomic E-state index is -4.69. The Morgan fingerprint density at radius 3 is 2.32 bits per heavy atom. The van der Waals surface area contributed by atoms with Crippen molar-refractivity contribution in [2.45, 2.75) is 25.6 Å². The Bertz CT molecular complexity index is 706. The number of rotatable bonds is 1. The maximum absolute atomic E-state index is 13.0. The van der Waals surface area contributed by atoms with Crippen molar-refractivity contribution in [3.8, 4) is 6.07 Å². The van der Waals surface area contributed by atoms with Gasteiger partial charge in [-0.1, -0.05) is 0 Å². The zero-order valence-corrected chi connectivity index (χ0v) is 12.8. The van der Waals surface area contributed by atoms with E-state index >= 15 is 0 Å². The summed E-state index contributed by atoms with van der Waals surface area (Å²) in [6, 6.07) is 4.60. The van der Waals surface area contributed by atoms with Crippen molar-refractivity contribution in [2.24, 2.45) is 0 Å². The summed E-state index contributed by atoms with van der Waals surface area (Å²) in [4.78, 5) is 15.0. The quantitative estimate of drug-likeness (QED) is 0.744. The molecular formula is C14H12F3N3OS. The first-order chi connectivity index (χ1) is 10.0. The third-order valence-electron chi connectivity index (χ3n) is 3.73. The fourth-order valence-corrected chi connectivity index (χ4v) is 2.54. The van der Waals surface area contributed by atoms with E-state index in [1.165, 1.54) is 17.0 Å². The number of likely N-dealkylation sites (N-methyl/N-ethyl adjacent to an activating group) is 1. The normalized spacial score (nSPS) is 17.9. The first-order valence-corrected chi connectivity index (χ1v) is 6.66. The van der Waals surface area contributed by atoms with Crippen LogP contribution in [0.4, 0.5) is 18.9 Å². The van der Waals surface area contributed by atoms with Gasteiger partial charge in [-0.3, -0.25) is 9.69 Å². The molecule has 0 radical (unpaired) electrons. The molecule has 0 spiro atoms. The van der Waals surface area contributed by atoms with Crippen molar-refractivity contribution in [3.05, 3.63) is 29.3 Å². The van der Waals surface area contributed by atoms with Crippen molar-refractivity contribution in [3.63, 3.8) is 0 Å². The molecule has 1 aromatic rings. The average molecular weight is 327 g/mol. The zero-order valence-electron chi connectivity index (χ0n) is 12.0. The van der Waals surface area contributed by atoms with Gasteiger partial charge in [-0.15, -0.1) is 0 Å². The summed E-state index contributed by atoms with van der Waals surface area (Å²) in [5.74, 6) is -0.419. The van der Waals surface area contributed by atoms with Crippen molar-refractivity contribution in [1.82, 2.24) is 4.90 Å². The molecule has 0 atom stereocenters. The summed E-state index contributed by atoms with van der Waals surface area (Å²) in [6.07, 6.45) is -4.69. The van der Waals surface area contributed by atoms with Crippen LogP contribution in [0.25, 0.3) is 0 Å². The van der Waals surface area contributed by atoms with Crippen LogP contribution in [0.5, 0.6) is 0 Å². The van der Waals surface area contributed by atoms with Crippen molar-refractivity contribution in [2.75, 3.05) is 11.9 Å². The van der Waals surface area contributed by atoms with Gasteiger partial charge in [0.15, 0.2) is 5.11 Å². The first kappa shape index (κ1) is 16.2. The highest BCUT2D eigenvalue weighted by Gasteiger charge is 2.48. The molecule has 22 heavy (non-hydrogen) atoms. The third kappa shape index (κ3) is 2.31. The Labute approximate surface area is 130 Å². The van der Waals surface area contributed by atoms with Gasteiger partial charge >= 0.3 is 6.18 Å². The molecule has 0 saturated carbocycles. The van der Waals surface area contributed by atoms with E-state index in [-0.39, 0.29) is 10.8 Å². The Hall–Kier alpha value is -2.14. The van der Waals surface area contributed by atoms with Crippen LogP contribution in [0, 0.1) is 11.3 Å². The molecule has 8 heteroatoms. The predicted octanol–water partition coefficient (Wildman–Crippen LogP) is 2.92. The standard InChI is InChI=1S/C14H12F3N3OS/c1-13(2)11(21)20(12(22)19(13)3)9-5-4-8(7-18)10(6-9)14(15,16)17/h4-6H,1-3H3. The molecule has 0 unspecified atom stereocenters. The van der Waals surface area contributed by atoms with E-state index in [0.29, 0.717) is 0 Å². The smallest absolute Gasteiger partial charge is 0.337 e. The van der Waals surface area contributed by atoms with Crippen LogP contribution < -0.4 is 4.90 Å². The molecule has 0 aromatic heterocycles. The van der Waals surface area contributed by atoms with Gasteiger partial charge < -0.3 is 4.90 Å². The molecule has 1 fully saturated rings. The van der Waals surface area contributed by atoms with Crippen LogP contribution in [0.2, 0.25) is 0 Å². The fraction of sp³-hybridized carbons (Fsp3) is 0.357. The minimum Gasteiger partial charge on any atom is -0.337 e. The fourth-order valence-electron chi connectivity index (χ4n) is 2.12. The molecule has 1 saturated heterocycles. The number of thiocarbonyl (C=S) groups is 1. The Morgan fingerprint density at radius 1 is 1.32 bits per heavy atom. The minimum absolute atomic E-state index is 0.00116. The van der Waals surface area contributed by atoms with E-state index in [9.17, 15) is 18.0 Å². The van der Waals surface area contributed by atoms with E-state index < -0.39 is 28.7 Å². The molecule has 0 bridgehead atoms. The molecule has 1 aliphatic heterocycles. The Kier molecular flexibility index (Phi) is 3.65. The molecule has 1 heterocycles. The van der Waals surface area contributed by atoms with E-state index in [1.807, 2.05) is 0 Å². The monoisotopic (exact) mass is 327 g/mol. The average Bonchev–Trinajstić information content (AvgIpc) is 2.58. The second kappa shape index (κ2) is 4.95. The number of anilines is 1. The van der Waals surface area contributed by atoms with Crippen LogP contribution in [0.3, 0.4) is 0 Å². The SMILES string of the molecule is CN1C(=S)N(c2ccc(C#N)c(C(F)(F)F)c2)C(=O)C1(C)C. The lowest BCUT2D eigenvalue weighted by atomic mass is 10.0. The molecule has 116 valence electrons. The summed E-state index contributed by atoms with van der Waals surface area (Å²) in [7, 11) is 1.61. The number of nitriles is 1. The molecule has 1 amide bonds. The van der Waals surface area contributed by atoms with E-state index in [1.54, 1.807) is 20.9 Å². The molecule has 4 nitrogen and oxygen atoms in total. The maximum Gasteiger partial charge on any atom is 0.417 e. The van der Waals surface area contributed by atoms with Crippen LogP contribution in [0.15, 0.2) is 18.2 Å². The van der Waals surface area contributed by atoms with Crippen LogP contribution in [-0.2, 0) is 11.0 Å². The van der Waals surface area contributed by atoms with Gasteiger partial charge in [0.1, 0.15) is 5.54 Å². The summed E-state index contributed by atoms with van der Waals surface area (Å²) >= 11 is 5.15. The van der Waals surface area contributed by atoms with Crippen molar-refractivity contribution >= 4 is 28.9 Å². The Balaban J connectivity index is 2.58. The third-order valence-corrected chi connectivity index (χ3v) is 4.19. The lowest BCUT2D eigenvalue weighted by Gasteiger charge is -2.24. The topological polar surface area (TPSA) is 47.3 Å². The summed E-state index contributed by atoms with van der Waals surface area (Å²) in [5.41, 5.74) is -2.53. The van der Waals surface area contributed by atoms with E-state index in [0.717, 1.165) is 17.0 Å². The highest BCUT2D eigenvalue weighted by molar-refractivity contribution is 7.80. The number of nitrogens with zero attached hydrogens (tertiary/aromatic N) is 3. The molecule has 2 rings (SSSR count). The van der Waals surface area contributed by atoms with E-state index in [2.05, 4.69) is 0 Å². The van der Waals surface area contributed by atoms with Gasteiger partial charge in [0.05, 0.1) is 22.9 Å². The first-order valence-electron chi connectivity index (χ1n) is 6.25. The number of hydrogen-bond acceptors (Lipinski definition) is 3. The molecule has 1 aromatic carbocycles. The van der Waals surface area contributed by atoms with Crippen molar-refractivity contribution in [1.29, 1.82) is 5.26 Å². The lowest BCUT2D eigenvalue weighted by molar-refractivity contribution is -0.137. The van der Waals surface area contributed by atoms with Crippen molar-refractivity contribution < 1.29 is 18.0 Å². The number of alkyl halides is 3. The summed E-state index contributed by atoms with van der Waals surface area (Å²) in [6.45, 7) is 3.27. The molecular weight excluding hydrogens is 315 g/mol. The maximum atomic E-state index is 13.0. The highest BCUT2D eigenvalue weighted by Crippen LogP contribution is 2.37. The molecule has 0 N–H and O–H groups in total. The molecule has 0 aliphatic carbocycles. The van der Waals surface area contributed by atoms with Gasteiger partial charge in [0.25, 0.3) is 5.91 Å². The lowest BCUT2D eigenvalue weighted by Crippen LogP contribution is -2.41. The number of carbonyl (C=O) groups is 1. The second-order valence-electron chi connectivity index (χ2n) is 5.38. The van der Waals surface area contributed by atoms with E-state index in [4.69, 9.17) is 17.5 Å². The number of amides is 1.